The number of hydrogen-bond acceptors (Lipinski definition) is 3. The summed E-state index contributed by atoms with van der Waals surface area (Å²) in [7, 11) is 3.01. The molecule has 2 aromatic rings. The molecule has 0 aliphatic heterocycles. The number of esters is 1. The lowest BCUT2D eigenvalue weighted by atomic mass is 10.2. The molecular weight excluding hydrogens is 268 g/mol. The Hall–Kier alpha value is -2.56. The second-order valence-corrected chi connectivity index (χ2v) is 4.69. The van der Waals surface area contributed by atoms with E-state index >= 15 is 0 Å². The lowest BCUT2D eigenvalue weighted by molar-refractivity contribution is -0.140. The van der Waals surface area contributed by atoms with Gasteiger partial charge in [0.1, 0.15) is 0 Å². The standard InChI is InChI=1S/C16H18N2O3/c1-17(12-9-15(19)21-2)16(20)13-5-7-14(8-6-13)18-10-3-4-11-18/h3-8,10-11H,9,12H2,1-2H3. The summed E-state index contributed by atoms with van der Waals surface area (Å²) in [6.45, 7) is 0.338. The Bertz CT molecular complexity index is 603. The lowest BCUT2D eigenvalue weighted by Gasteiger charge is -2.16. The molecule has 0 unspecified atom stereocenters. The summed E-state index contributed by atoms with van der Waals surface area (Å²) in [6.07, 6.45) is 4.08. The topological polar surface area (TPSA) is 51.5 Å². The maximum absolute atomic E-state index is 12.2. The van der Waals surface area contributed by atoms with Crippen LogP contribution in [0, 0.1) is 0 Å². The van der Waals surface area contributed by atoms with E-state index in [1.165, 1.54) is 12.0 Å². The van der Waals surface area contributed by atoms with E-state index < -0.39 is 0 Å². The largest absolute Gasteiger partial charge is 0.469 e. The first-order chi connectivity index (χ1) is 10.1. The number of methoxy groups -OCH3 is 1. The molecule has 0 saturated heterocycles. The van der Waals surface area contributed by atoms with Crippen LogP contribution in [0.4, 0.5) is 0 Å². The predicted octanol–water partition coefficient (Wildman–Crippen LogP) is 2.11. The molecule has 110 valence electrons. The molecule has 5 heteroatoms. The van der Waals surface area contributed by atoms with Gasteiger partial charge in [-0.25, -0.2) is 0 Å². The average molecular weight is 286 g/mol. The zero-order valence-corrected chi connectivity index (χ0v) is 12.2. The van der Waals surface area contributed by atoms with Crippen LogP contribution in [0.2, 0.25) is 0 Å². The SMILES string of the molecule is COC(=O)CCN(C)C(=O)c1ccc(-n2cccc2)cc1. The summed E-state index contributed by atoms with van der Waals surface area (Å²) < 4.78 is 6.53. The summed E-state index contributed by atoms with van der Waals surface area (Å²) in [5.41, 5.74) is 1.59. The summed E-state index contributed by atoms with van der Waals surface area (Å²) in [5, 5.41) is 0. The molecule has 0 fully saturated rings. The zero-order valence-electron chi connectivity index (χ0n) is 12.2. The molecule has 1 amide bonds. The van der Waals surface area contributed by atoms with Gasteiger partial charge in [-0.05, 0) is 36.4 Å². The van der Waals surface area contributed by atoms with Gasteiger partial charge in [0.2, 0.25) is 0 Å². The van der Waals surface area contributed by atoms with E-state index in [1.54, 1.807) is 19.2 Å². The van der Waals surface area contributed by atoms with E-state index in [4.69, 9.17) is 0 Å². The molecule has 1 aromatic heterocycles. The zero-order chi connectivity index (χ0) is 15.2. The first-order valence-electron chi connectivity index (χ1n) is 6.67. The molecule has 0 spiro atoms. The van der Waals surface area contributed by atoms with Crippen LogP contribution in [0.1, 0.15) is 16.8 Å². The third-order valence-electron chi connectivity index (χ3n) is 3.24. The van der Waals surface area contributed by atoms with E-state index in [-0.39, 0.29) is 18.3 Å². The quantitative estimate of drug-likeness (QED) is 0.791. The van der Waals surface area contributed by atoms with Crippen molar-refractivity contribution in [3.8, 4) is 5.69 Å². The van der Waals surface area contributed by atoms with E-state index in [2.05, 4.69) is 4.74 Å². The molecule has 2 rings (SSSR count). The second kappa shape index (κ2) is 6.74. The maximum Gasteiger partial charge on any atom is 0.307 e. The Labute approximate surface area is 123 Å². The highest BCUT2D eigenvalue weighted by molar-refractivity contribution is 5.94. The molecule has 1 heterocycles. The van der Waals surface area contributed by atoms with Crippen molar-refractivity contribution in [3.05, 3.63) is 54.4 Å². The number of carbonyl (C=O) groups is 2. The van der Waals surface area contributed by atoms with Gasteiger partial charge in [-0.3, -0.25) is 9.59 Å². The number of ether oxygens (including phenoxy) is 1. The molecule has 0 atom stereocenters. The normalized spacial score (nSPS) is 10.2. The van der Waals surface area contributed by atoms with Crippen molar-refractivity contribution in [2.24, 2.45) is 0 Å². The highest BCUT2D eigenvalue weighted by Gasteiger charge is 2.13. The van der Waals surface area contributed by atoms with E-state index in [0.717, 1.165) is 5.69 Å². The Morgan fingerprint density at radius 3 is 2.33 bits per heavy atom. The van der Waals surface area contributed by atoms with Gasteiger partial charge in [0.05, 0.1) is 13.5 Å². The Morgan fingerprint density at radius 1 is 1.14 bits per heavy atom. The lowest BCUT2D eigenvalue weighted by Crippen LogP contribution is -2.29. The van der Waals surface area contributed by atoms with Crippen LogP contribution in [-0.2, 0) is 9.53 Å². The summed E-state index contributed by atoms with van der Waals surface area (Å²) in [5.74, 6) is -0.435. The van der Waals surface area contributed by atoms with Gasteiger partial charge in [-0.2, -0.15) is 0 Å². The third kappa shape index (κ3) is 3.72. The summed E-state index contributed by atoms with van der Waals surface area (Å²) in [4.78, 5) is 24.8. The molecule has 21 heavy (non-hydrogen) atoms. The number of nitrogens with zero attached hydrogens (tertiary/aromatic N) is 2. The van der Waals surface area contributed by atoms with Gasteiger partial charge in [0, 0.05) is 37.2 Å². The molecule has 1 aromatic carbocycles. The van der Waals surface area contributed by atoms with Crippen LogP contribution in [0.15, 0.2) is 48.8 Å². The summed E-state index contributed by atoms with van der Waals surface area (Å²) in [6, 6.07) is 11.2. The van der Waals surface area contributed by atoms with Gasteiger partial charge in [0.15, 0.2) is 0 Å². The van der Waals surface area contributed by atoms with Crippen molar-refractivity contribution in [2.45, 2.75) is 6.42 Å². The Morgan fingerprint density at radius 2 is 1.76 bits per heavy atom. The van der Waals surface area contributed by atoms with Crippen molar-refractivity contribution < 1.29 is 14.3 Å². The smallest absolute Gasteiger partial charge is 0.307 e. The number of carbonyl (C=O) groups excluding carboxylic acids is 2. The van der Waals surface area contributed by atoms with Crippen molar-refractivity contribution >= 4 is 11.9 Å². The van der Waals surface area contributed by atoms with E-state index in [1.807, 2.05) is 41.2 Å². The fourth-order valence-corrected chi connectivity index (χ4v) is 1.97. The first kappa shape index (κ1) is 14.8. The predicted molar refractivity (Wildman–Crippen MR) is 79.4 cm³/mol. The fraction of sp³-hybridized carbons (Fsp3) is 0.250. The molecule has 0 bridgehead atoms. The number of aromatic nitrogens is 1. The Kier molecular flexibility index (Phi) is 4.77. The Balaban J connectivity index is 2.01. The van der Waals surface area contributed by atoms with Crippen molar-refractivity contribution in [1.82, 2.24) is 9.47 Å². The average Bonchev–Trinajstić information content (AvgIpc) is 3.06. The highest BCUT2D eigenvalue weighted by atomic mass is 16.5. The van der Waals surface area contributed by atoms with Crippen molar-refractivity contribution in [2.75, 3.05) is 20.7 Å². The molecule has 5 nitrogen and oxygen atoms in total. The van der Waals surface area contributed by atoms with Gasteiger partial charge < -0.3 is 14.2 Å². The van der Waals surface area contributed by atoms with Crippen molar-refractivity contribution in [3.63, 3.8) is 0 Å². The number of rotatable bonds is 5. The van der Waals surface area contributed by atoms with Gasteiger partial charge in [0.25, 0.3) is 5.91 Å². The van der Waals surface area contributed by atoms with Crippen LogP contribution < -0.4 is 0 Å². The molecular formula is C16H18N2O3. The highest BCUT2D eigenvalue weighted by Crippen LogP contribution is 2.11. The van der Waals surface area contributed by atoms with Gasteiger partial charge in [-0.1, -0.05) is 0 Å². The van der Waals surface area contributed by atoms with Crippen LogP contribution in [0.3, 0.4) is 0 Å². The van der Waals surface area contributed by atoms with Crippen molar-refractivity contribution in [1.29, 1.82) is 0 Å². The second-order valence-electron chi connectivity index (χ2n) is 4.69. The minimum Gasteiger partial charge on any atom is -0.469 e. The molecule has 0 N–H and O–H groups in total. The van der Waals surface area contributed by atoms with Crippen LogP contribution in [-0.4, -0.2) is 42.0 Å². The number of benzene rings is 1. The summed E-state index contributed by atoms with van der Waals surface area (Å²) >= 11 is 0. The van der Waals surface area contributed by atoms with Gasteiger partial charge >= 0.3 is 5.97 Å². The maximum atomic E-state index is 12.2. The molecule has 0 saturated carbocycles. The minimum absolute atomic E-state index is 0.113. The van der Waals surface area contributed by atoms with Crippen LogP contribution in [0.25, 0.3) is 5.69 Å². The number of amides is 1. The monoisotopic (exact) mass is 286 g/mol. The van der Waals surface area contributed by atoms with Gasteiger partial charge in [-0.15, -0.1) is 0 Å². The molecule has 0 radical (unpaired) electrons. The number of hydrogen-bond donors (Lipinski definition) is 0. The molecule has 0 aliphatic carbocycles. The van der Waals surface area contributed by atoms with Crippen LogP contribution >= 0.6 is 0 Å². The third-order valence-corrected chi connectivity index (χ3v) is 3.24. The van der Waals surface area contributed by atoms with E-state index in [0.29, 0.717) is 12.1 Å². The minimum atomic E-state index is -0.322. The van der Waals surface area contributed by atoms with E-state index in [9.17, 15) is 9.59 Å². The fourth-order valence-electron chi connectivity index (χ4n) is 1.97. The first-order valence-corrected chi connectivity index (χ1v) is 6.67. The molecule has 0 aliphatic rings. The van der Waals surface area contributed by atoms with Crippen LogP contribution in [0.5, 0.6) is 0 Å².